The van der Waals surface area contributed by atoms with Crippen LogP contribution in [-0.4, -0.2) is 30.8 Å². The normalized spacial score (nSPS) is 14.7. The largest absolute Gasteiger partial charge is 0.391 e. The molecule has 2 N–H and O–H groups in total. The van der Waals surface area contributed by atoms with Crippen molar-refractivity contribution in [1.82, 2.24) is 5.32 Å². The maximum Gasteiger partial charge on any atom is 0.256 e. The van der Waals surface area contributed by atoms with Crippen molar-refractivity contribution in [3.8, 4) is 0 Å². The summed E-state index contributed by atoms with van der Waals surface area (Å²) in [5.41, 5.74) is 0.734. The van der Waals surface area contributed by atoms with Gasteiger partial charge in [-0.3, -0.25) is 4.79 Å². The average Bonchev–Trinajstić information content (AvgIpc) is 2.60. The predicted octanol–water partition coefficient (Wildman–Crippen LogP) is 2.27. The Labute approximate surface area is 137 Å². The van der Waals surface area contributed by atoms with Crippen LogP contribution in [0.2, 0.25) is 0 Å². The van der Waals surface area contributed by atoms with E-state index in [0.29, 0.717) is 6.42 Å². The van der Waals surface area contributed by atoms with Crippen LogP contribution in [0, 0.1) is 0 Å². The van der Waals surface area contributed by atoms with Gasteiger partial charge in [-0.05, 0) is 18.1 Å². The van der Waals surface area contributed by atoms with E-state index >= 15 is 0 Å². The summed E-state index contributed by atoms with van der Waals surface area (Å²) in [6.45, 7) is 1.90. The van der Waals surface area contributed by atoms with Gasteiger partial charge in [-0.25, -0.2) is 0 Å². The fourth-order valence-corrected chi connectivity index (χ4v) is 2.44. The van der Waals surface area contributed by atoms with Crippen molar-refractivity contribution >= 4 is 5.91 Å². The van der Waals surface area contributed by atoms with Gasteiger partial charge in [0.25, 0.3) is 5.91 Å². The van der Waals surface area contributed by atoms with E-state index < -0.39 is 11.7 Å². The van der Waals surface area contributed by atoms with Crippen molar-refractivity contribution < 1.29 is 14.6 Å². The minimum atomic E-state index is -1.08. The summed E-state index contributed by atoms with van der Waals surface area (Å²) in [5.74, 6) is -0.265. The predicted molar refractivity (Wildman–Crippen MR) is 90.0 cm³/mol. The summed E-state index contributed by atoms with van der Waals surface area (Å²) in [5, 5.41) is 12.9. The van der Waals surface area contributed by atoms with Crippen LogP contribution in [0.4, 0.5) is 0 Å². The molecule has 0 saturated heterocycles. The topological polar surface area (TPSA) is 58.6 Å². The number of hydrogen-bond acceptors (Lipinski definition) is 3. The molecule has 0 aliphatic carbocycles. The number of ether oxygens (including phenoxy) is 1. The Morgan fingerprint density at radius 1 is 1.13 bits per heavy atom. The lowest BCUT2D eigenvalue weighted by molar-refractivity contribution is -0.143. The van der Waals surface area contributed by atoms with Gasteiger partial charge < -0.3 is 15.2 Å². The molecule has 122 valence electrons. The van der Waals surface area contributed by atoms with Gasteiger partial charge in [0.2, 0.25) is 0 Å². The Bertz CT molecular complexity index is 615. The second-order valence-corrected chi connectivity index (χ2v) is 5.66. The number of carbonyl (C=O) groups excluding carboxylic acids is 1. The molecular formula is C19H23NO3. The van der Waals surface area contributed by atoms with E-state index in [1.54, 1.807) is 6.92 Å². The first-order valence-corrected chi connectivity index (χ1v) is 7.67. The Morgan fingerprint density at radius 3 is 2.26 bits per heavy atom. The molecule has 0 aliphatic heterocycles. The minimum Gasteiger partial charge on any atom is -0.391 e. The molecule has 1 amide bonds. The summed E-state index contributed by atoms with van der Waals surface area (Å²) >= 11 is 0. The Morgan fingerprint density at radius 2 is 1.70 bits per heavy atom. The minimum absolute atomic E-state index is 0.180. The third kappa shape index (κ3) is 4.41. The fraction of sp³-hybridized carbons (Fsp3) is 0.316. The maximum absolute atomic E-state index is 12.5. The van der Waals surface area contributed by atoms with Gasteiger partial charge in [0.05, 0.1) is 6.10 Å². The van der Waals surface area contributed by atoms with E-state index in [-0.39, 0.29) is 12.5 Å². The van der Waals surface area contributed by atoms with Crippen LogP contribution >= 0.6 is 0 Å². The molecule has 0 aromatic heterocycles. The zero-order valence-corrected chi connectivity index (χ0v) is 13.5. The number of carbonyl (C=O) groups is 1. The molecule has 2 aromatic rings. The van der Waals surface area contributed by atoms with E-state index in [9.17, 15) is 9.90 Å². The Balaban J connectivity index is 1.95. The maximum atomic E-state index is 12.5. The van der Waals surface area contributed by atoms with Crippen molar-refractivity contribution in [3.63, 3.8) is 0 Å². The molecule has 4 nitrogen and oxygen atoms in total. The molecule has 2 aromatic carbocycles. The highest BCUT2D eigenvalue weighted by molar-refractivity contribution is 5.86. The zero-order valence-electron chi connectivity index (χ0n) is 13.5. The Kier molecular flexibility index (Phi) is 5.90. The van der Waals surface area contributed by atoms with Crippen LogP contribution in [0.25, 0.3) is 0 Å². The first kappa shape index (κ1) is 17.2. The lowest BCUT2D eigenvalue weighted by Crippen LogP contribution is -2.46. The molecule has 0 fully saturated rings. The van der Waals surface area contributed by atoms with Crippen LogP contribution in [0.1, 0.15) is 18.1 Å². The number of methoxy groups -OCH3 is 1. The SMILES string of the molecule is CO[C@@](C)(C(=O)NC[C@H](O)Cc1ccccc1)c1ccccc1. The van der Waals surface area contributed by atoms with Gasteiger partial charge in [0.1, 0.15) is 0 Å². The van der Waals surface area contributed by atoms with Gasteiger partial charge in [0, 0.05) is 20.1 Å². The highest BCUT2D eigenvalue weighted by Gasteiger charge is 2.35. The summed E-state index contributed by atoms with van der Waals surface area (Å²) in [4.78, 5) is 12.5. The van der Waals surface area contributed by atoms with Gasteiger partial charge >= 0.3 is 0 Å². The molecule has 4 heteroatoms. The smallest absolute Gasteiger partial charge is 0.256 e. The van der Waals surface area contributed by atoms with Crippen LogP contribution < -0.4 is 5.32 Å². The summed E-state index contributed by atoms with van der Waals surface area (Å²) < 4.78 is 5.44. The molecule has 0 saturated carbocycles. The van der Waals surface area contributed by atoms with Gasteiger partial charge in [-0.15, -0.1) is 0 Å². The van der Waals surface area contributed by atoms with E-state index in [2.05, 4.69) is 5.32 Å². The number of rotatable bonds is 7. The van der Waals surface area contributed by atoms with E-state index in [4.69, 9.17) is 4.74 Å². The quantitative estimate of drug-likeness (QED) is 0.824. The molecule has 0 spiro atoms. The number of nitrogens with one attached hydrogen (secondary N) is 1. The summed E-state index contributed by atoms with van der Waals surface area (Å²) in [6, 6.07) is 19.0. The number of aliphatic hydroxyl groups excluding tert-OH is 1. The first-order chi connectivity index (χ1) is 11.1. The zero-order chi connectivity index (χ0) is 16.7. The molecule has 0 bridgehead atoms. The lowest BCUT2D eigenvalue weighted by atomic mass is 9.94. The third-order valence-electron chi connectivity index (χ3n) is 3.98. The molecule has 0 unspecified atom stereocenters. The van der Waals surface area contributed by atoms with Gasteiger partial charge in [0.15, 0.2) is 5.60 Å². The van der Waals surface area contributed by atoms with Crippen molar-refractivity contribution in [2.24, 2.45) is 0 Å². The van der Waals surface area contributed by atoms with Crippen molar-refractivity contribution in [2.45, 2.75) is 25.0 Å². The van der Waals surface area contributed by atoms with E-state index in [1.807, 2.05) is 60.7 Å². The van der Waals surface area contributed by atoms with Crippen molar-refractivity contribution in [2.75, 3.05) is 13.7 Å². The molecular weight excluding hydrogens is 290 g/mol. The summed E-state index contributed by atoms with van der Waals surface area (Å²) in [6.07, 6.45) is -0.144. The highest BCUT2D eigenvalue weighted by atomic mass is 16.5. The van der Waals surface area contributed by atoms with E-state index in [0.717, 1.165) is 11.1 Å². The molecule has 0 radical (unpaired) electrons. The second kappa shape index (κ2) is 7.90. The molecule has 0 aliphatic rings. The standard InChI is InChI=1S/C19H23NO3/c1-19(23-2,16-11-7-4-8-12-16)18(22)20-14-17(21)13-15-9-5-3-6-10-15/h3-12,17,21H,13-14H2,1-2H3,(H,20,22)/t17-,19-/m1/s1. The van der Waals surface area contributed by atoms with Crippen LogP contribution in [0.5, 0.6) is 0 Å². The van der Waals surface area contributed by atoms with E-state index in [1.165, 1.54) is 7.11 Å². The monoisotopic (exact) mass is 313 g/mol. The fourth-order valence-electron chi connectivity index (χ4n) is 2.44. The molecule has 2 atom stereocenters. The second-order valence-electron chi connectivity index (χ2n) is 5.66. The number of hydrogen-bond donors (Lipinski definition) is 2. The first-order valence-electron chi connectivity index (χ1n) is 7.67. The number of amides is 1. The highest BCUT2D eigenvalue weighted by Crippen LogP contribution is 2.24. The van der Waals surface area contributed by atoms with Crippen LogP contribution in [0.3, 0.4) is 0 Å². The number of benzene rings is 2. The molecule has 0 heterocycles. The summed E-state index contributed by atoms with van der Waals surface area (Å²) in [7, 11) is 1.51. The van der Waals surface area contributed by atoms with Crippen molar-refractivity contribution in [1.29, 1.82) is 0 Å². The van der Waals surface area contributed by atoms with Crippen LogP contribution in [-0.2, 0) is 21.6 Å². The molecule has 2 rings (SSSR count). The average molecular weight is 313 g/mol. The number of aliphatic hydroxyl groups is 1. The van der Waals surface area contributed by atoms with Crippen molar-refractivity contribution in [3.05, 3.63) is 71.8 Å². The third-order valence-corrected chi connectivity index (χ3v) is 3.98. The van der Waals surface area contributed by atoms with Gasteiger partial charge in [-0.1, -0.05) is 60.7 Å². The van der Waals surface area contributed by atoms with Crippen LogP contribution in [0.15, 0.2) is 60.7 Å². The van der Waals surface area contributed by atoms with Gasteiger partial charge in [-0.2, -0.15) is 0 Å². The lowest BCUT2D eigenvalue weighted by Gasteiger charge is -2.28. The molecule has 23 heavy (non-hydrogen) atoms. The Hall–Kier alpha value is -2.17.